The molecule has 1 fully saturated rings. The molecule has 1 unspecified atom stereocenters. The lowest BCUT2D eigenvalue weighted by atomic mass is 9.95. The van der Waals surface area contributed by atoms with Gasteiger partial charge >= 0.3 is 17.9 Å². The highest BCUT2D eigenvalue weighted by molar-refractivity contribution is 9.10. The van der Waals surface area contributed by atoms with E-state index in [9.17, 15) is 19.2 Å². The van der Waals surface area contributed by atoms with Crippen LogP contribution in [-0.2, 0) is 38.1 Å². The van der Waals surface area contributed by atoms with Gasteiger partial charge in [-0.3, -0.25) is 19.2 Å². The number of hydrogen-bond donors (Lipinski definition) is 1. The van der Waals surface area contributed by atoms with E-state index >= 15 is 0 Å². The molecule has 3 rings (SSSR count). The quantitative estimate of drug-likeness (QED) is 0.436. The van der Waals surface area contributed by atoms with Crippen LogP contribution in [-0.4, -0.2) is 62.8 Å². The normalized spacial score (nSPS) is 24.4. The van der Waals surface area contributed by atoms with Gasteiger partial charge in [0.05, 0.1) is 5.39 Å². The molecule has 33 heavy (non-hydrogen) atoms. The fourth-order valence-corrected chi connectivity index (χ4v) is 4.41. The van der Waals surface area contributed by atoms with Gasteiger partial charge < -0.3 is 28.8 Å². The molecule has 4 atom stereocenters. The summed E-state index contributed by atoms with van der Waals surface area (Å²) in [5, 5.41) is 3.12. The maximum absolute atomic E-state index is 12.0. The molecule has 0 aliphatic carbocycles. The number of hydrogen-bond acceptors (Lipinski definition) is 10. The first kappa shape index (κ1) is 24.6. The van der Waals surface area contributed by atoms with Gasteiger partial charge in [0.1, 0.15) is 30.5 Å². The van der Waals surface area contributed by atoms with E-state index in [-0.39, 0.29) is 18.3 Å². The van der Waals surface area contributed by atoms with Crippen molar-refractivity contribution < 1.29 is 38.1 Å². The van der Waals surface area contributed by atoms with Gasteiger partial charge in [-0.25, -0.2) is 9.97 Å². The first-order valence-electron chi connectivity index (χ1n) is 9.88. The monoisotopic (exact) mass is 526 g/mol. The number of esters is 3. The van der Waals surface area contributed by atoms with Crippen molar-refractivity contribution in [2.24, 2.45) is 0 Å². The van der Waals surface area contributed by atoms with Gasteiger partial charge in [0.2, 0.25) is 5.91 Å². The SMILES string of the molecule is CC(=O)Nc1ncnc2c1c(Br)cn2C1O[C@H](COC(C)=O)[C@@H](OC(C)=O)[C@@]1(C)OC(C)=O. The first-order valence-corrected chi connectivity index (χ1v) is 10.7. The molecule has 0 aromatic carbocycles. The van der Waals surface area contributed by atoms with Crippen LogP contribution >= 0.6 is 15.9 Å². The first-order chi connectivity index (χ1) is 15.4. The van der Waals surface area contributed by atoms with E-state index in [0.29, 0.717) is 15.5 Å². The number of nitrogens with zero attached hydrogens (tertiary/aromatic N) is 3. The van der Waals surface area contributed by atoms with E-state index in [1.165, 1.54) is 34.0 Å². The van der Waals surface area contributed by atoms with E-state index in [1.807, 2.05) is 0 Å². The summed E-state index contributed by atoms with van der Waals surface area (Å²) in [6.07, 6.45) is -0.207. The van der Waals surface area contributed by atoms with Gasteiger partial charge in [-0.05, 0) is 22.9 Å². The summed E-state index contributed by atoms with van der Waals surface area (Å²) in [7, 11) is 0. The third-order valence-electron chi connectivity index (χ3n) is 4.91. The Labute approximate surface area is 197 Å². The van der Waals surface area contributed by atoms with Crippen LogP contribution in [0, 0.1) is 0 Å². The Balaban J connectivity index is 2.15. The van der Waals surface area contributed by atoms with Crippen molar-refractivity contribution in [3.05, 3.63) is 17.0 Å². The molecule has 0 bridgehead atoms. The number of carbonyl (C=O) groups is 4. The molecular weight excluding hydrogens is 504 g/mol. The number of fused-ring (bicyclic) bond motifs is 1. The van der Waals surface area contributed by atoms with Crippen LogP contribution in [0.4, 0.5) is 5.82 Å². The Morgan fingerprint density at radius 2 is 1.85 bits per heavy atom. The zero-order chi connectivity index (χ0) is 24.5. The largest absolute Gasteiger partial charge is 0.463 e. The lowest BCUT2D eigenvalue weighted by Crippen LogP contribution is -2.50. The lowest BCUT2D eigenvalue weighted by molar-refractivity contribution is -0.184. The molecule has 1 saturated heterocycles. The van der Waals surface area contributed by atoms with E-state index in [4.69, 9.17) is 18.9 Å². The highest BCUT2D eigenvalue weighted by Gasteiger charge is 2.60. The third-order valence-corrected chi connectivity index (χ3v) is 5.52. The van der Waals surface area contributed by atoms with Crippen molar-refractivity contribution in [3.8, 4) is 0 Å². The molecule has 0 radical (unpaired) electrons. The Morgan fingerprint density at radius 1 is 1.15 bits per heavy atom. The van der Waals surface area contributed by atoms with Crippen LogP contribution in [0.3, 0.4) is 0 Å². The molecule has 1 aliphatic rings. The number of halogens is 1. The van der Waals surface area contributed by atoms with Crippen LogP contribution in [0.1, 0.15) is 40.8 Å². The van der Waals surface area contributed by atoms with Gasteiger partial charge in [0.15, 0.2) is 17.9 Å². The number of amides is 1. The minimum atomic E-state index is -1.52. The van der Waals surface area contributed by atoms with Crippen molar-refractivity contribution >= 4 is 56.6 Å². The number of carbonyl (C=O) groups excluding carboxylic acids is 4. The molecule has 1 aliphatic heterocycles. The average Bonchev–Trinajstić information content (AvgIpc) is 3.14. The fourth-order valence-electron chi connectivity index (χ4n) is 3.82. The molecule has 1 N–H and O–H groups in total. The number of ether oxygens (including phenoxy) is 4. The molecule has 12 nitrogen and oxygen atoms in total. The molecule has 2 aromatic rings. The van der Waals surface area contributed by atoms with Gasteiger partial charge in [0.25, 0.3) is 0 Å². The summed E-state index contributed by atoms with van der Waals surface area (Å²) >= 11 is 3.44. The maximum atomic E-state index is 12.0. The highest BCUT2D eigenvalue weighted by Crippen LogP contribution is 2.45. The minimum Gasteiger partial charge on any atom is -0.463 e. The summed E-state index contributed by atoms with van der Waals surface area (Å²) in [6.45, 7) is 6.31. The fraction of sp³-hybridized carbons (Fsp3) is 0.500. The highest BCUT2D eigenvalue weighted by atomic mass is 79.9. The molecule has 0 spiro atoms. The third kappa shape index (κ3) is 4.98. The van der Waals surface area contributed by atoms with Crippen LogP contribution in [0.2, 0.25) is 0 Å². The molecule has 2 aromatic heterocycles. The van der Waals surface area contributed by atoms with E-state index in [2.05, 4.69) is 31.2 Å². The Kier molecular flexibility index (Phi) is 7.03. The van der Waals surface area contributed by atoms with Crippen molar-refractivity contribution in [3.63, 3.8) is 0 Å². The minimum absolute atomic E-state index is 0.243. The van der Waals surface area contributed by atoms with Gasteiger partial charge in [-0.2, -0.15) is 0 Å². The van der Waals surface area contributed by atoms with Gasteiger partial charge in [-0.1, -0.05) is 0 Å². The second-order valence-corrected chi connectivity index (χ2v) is 8.48. The molecule has 0 saturated carbocycles. The summed E-state index contributed by atoms with van der Waals surface area (Å²) in [6, 6.07) is 0. The van der Waals surface area contributed by atoms with Crippen molar-refractivity contribution in [2.45, 2.75) is 58.7 Å². The molecule has 3 heterocycles. The van der Waals surface area contributed by atoms with Gasteiger partial charge in [0, 0.05) is 38.4 Å². The van der Waals surface area contributed by atoms with E-state index in [0.717, 1.165) is 0 Å². The van der Waals surface area contributed by atoms with Crippen LogP contribution in [0.15, 0.2) is 17.0 Å². The second-order valence-electron chi connectivity index (χ2n) is 7.62. The molecule has 13 heteroatoms. The second kappa shape index (κ2) is 9.43. The number of nitrogens with one attached hydrogen (secondary N) is 1. The smallest absolute Gasteiger partial charge is 0.303 e. The van der Waals surface area contributed by atoms with Crippen LogP contribution < -0.4 is 5.32 Å². The Hall–Kier alpha value is -3.06. The van der Waals surface area contributed by atoms with Gasteiger partial charge in [-0.15, -0.1) is 0 Å². The molecule has 1 amide bonds. The standard InChI is InChI=1S/C20H23BrN4O8/c1-9(26)24-17-15-13(21)6-25(18(15)23-8-22-17)19-20(5,33-12(4)29)16(31-11(3)28)14(32-19)7-30-10(2)27/h6,8,14,16,19H,7H2,1-5H3,(H,22,23,24,26)/t14-,16-,19?,20-/m1/s1. The number of rotatable bonds is 6. The van der Waals surface area contributed by atoms with Crippen molar-refractivity contribution in [1.82, 2.24) is 14.5 Å². The zero-order valence-corrected chi connectivity index (χ0v) is 20.2. The molecular formula is C20H23BrN4O8. The van der Waals surface area contributed by atoms with E-state index < -0.39 is 41.9 Å². The summed E-state index contributed by atoms with van der Waals surface area (Å²) < 4.78 is 24.4. The summed E-state index contributed by atoms with van der Waals surface area (Å²) in [4.78, 5) is 55.3. The topological polar surface area (TPSA) is 148 Å². The van der Waals surface area contributed by atoms with Crippen molar-refractivity contribution in [1.29, 1.82) is 0 Å². The van der Waals surface area contributed by atoms with Crippen molar-refractivity contribution in [2.75, 3.05) is 11.9 Å². The molecule has 178 valence electrons. The summed E-state index contributed by atoms with van der Waals surface area (Å²) in [5.74, 6) is -1.89. The lowest BCUT2D eigenvalue weighted by Gasteiger charge is -2.34. The summed E-state index contributed by atoms with van der Waals surface area (Å²) in [5.41, 5.74) is -1.17. The maximum Gasteiger partial charge on any atom is 0.303 e. The average molecular weight is 527 g/mol. The predicted octanol–water partition coefficient (Wildman–Crippen LogP) is 1.87. The Bertz CT molecular complexity index is 1120. The Morgan fingerprint density at radius 3 is 2.42 bits per heavy atom. The van der Waals surface area contributed by atoms with Crippen LogP contribution in [0.5, 0.6) is 0 Å². The predicted molar refractivity (Wildman–Crippen MR) is 116 cm³/mol. The van der Waals surface area contributed by atoms with E-state index in [1.54, 1.807) is 17.7 Å². The zero-order valence-electron chi connectivity index (χ0n) is 18.6. The van der Waals surface area contributed by atoms with Crippen LogP contribution in [0.25, 0.3) is 11.0 Å². The number of anilines is 1. The number of aromatic nitrogens is 3.